The fourth-order valence-corrected chi connectivity index (χ4v) is 7.53. The molecule has 9 aromatic rings. The van der Waals surface area contributed by atoms with Crippen LogP contribution in [0.2, 0.25) is 0 Å². The van der Waals surface area contributed by atoms with Gasteiger partial charge in [0.25, 0.3) is 0 Å². The minimum Gasteiger partial charge on any atom is -0.309 e. The number of hydrogen-bond donors (Lipinski definition) is 0. The third-order valence-corrected chi connectivity index (χ3v) is 9.90. The Morgan fingerprint density at radius 1 is 0.400 bits per heavy atom. The van der Waals surface area contributed by atoms with Crippen LogP contribution in [0.15, 0.2) is 170 Å². The molecule has 10 rings (SSSR count). The van der Waals surface area contributed by atoms with E-state index < -0.39 is 0 Å². The van der Waals surface area contributed by atoms with E-state index in [2.05, 4.69) is 150 Å². The number of rotatable bonds is 5. The van der Waals surface area contributed by atoms with Gasteiger partial charge in [0.05, 0.1) is 11.0 Å². The Morgan fingerprint density at radius 3 is 1.76 bits per heavy atom. The van der Waals surface area contributed by atoms with Crippen LogP contribution in [0, 0.1) is 0 Å². The molecule has 50 heavy (non-hydrogen) atoms. The minimum absolute atomic E-state index is 0.640. The minimum atomic E-state index is 0.640. The maximum absolute atomic E-state index is 5.10. The van der Waals surface area contributed by atoms with Crippen LogP contribution in [0.5, 0.6) is 0 Å². The van der Waals surface area contributed by atoms with Gasteiger partial charge in [0, 0.05) is 39.6 Å². The molecule has 0 N–H and O–H groups in total. The molecule has 234 valence electrons. The Kier molecular flexibility index (Phi) is 6.53. The number of nitrogens with zero attached hydrogens (tertiary/aromatic N) is 4. The fourth-order valence-electron chi connectivity index (χ4n) is 7.53. The molecule has 0 saturated heterocycles. The standard InChI is InChI=1S/C46H30N4/c1-3-12-30(13-4-1)31-22-24-33(25-23-31)45-47-44(32-14-5-2-6-15-32)48-46(49-45)35-17-11-18-36(28-35)50-42-21-10-9-20-39(42)40-27-26-38-37-19-8-7-16-34(37)29-41(38)43(40)50/h1-28H,29H2. The summed E-state index contributed by atoms with van der Waals surface area (Å²) in [5.41, 5.74) is 14.1. The summed E-state index contributed by atoms with van der Waals surface area (Å²) in [5.74, 6) is 1.93. The topological polar surface area (TPSA) is 43.6 Å². The Hall–Kier alpha value is -6.65. The van der Waals surface area contributed by atoms with Crippen molar-refractivity contribution >= 4 is 21.8 Å². The average molecular weight is 639 g/mol. The highest BCUT2D eigenvalue weighted by molar-refractivity contribution is 6.12. The highest BCUT2D eigenvalue weighted by atomic mass is 15.0. The van der Waals surface area contributed by atoms with Crippen LogP contribution in [0.25, 0.3) is 83.9 Å². The van der Waals surface area contributed by atoms with Gasteiger partial charge in [-0.3, -0.25) is 0 Å². The van der Waals surface area contributed by atoms with E-state index in [-0.39, 0.29) is 0 Å². The summed E-state index contributed by atoms with van der Waals surface area (Å²) in [7, 11) is 0. The predicted molar refractivity (Wildman–Crippen MR) is 204 cm³/mol. The van der Waals surface area contributed by atoms with E-state index in [0.717, 1.165) is 34.4 Å². The molecular weight excluding hydrogens is 609 g/mol. The molecule has 7 aromatic carbocycles. The van der Waals surface area contributed by atoms with Crippen molar-refractivity contribution in [3.05, 3.63) is 181 Å². The van der Waals surface area contributed by atoms with Crippen molar-refractivity contribution in [1.82, 2.24) is 19.5 Å². The van der Waals surface area contributed by atoms with Gasteiger partial charge in [0.1, 0.15) is 0 Å². The van der Waals surface area contributed by atoms with Gasteiger partial charge in [-0.05, 0) is 51.6 Å². The fraction of sp³-hybridized carbons (Fsp3) is 0.0217. The second-order valence-corrected chi connectivity index (χ2v) is 12.8. The maximum Gasteiger partial charge on any atom is 0.164 e. The average Bonchev–Trinajstić information content (AvgIpc) is 3.75. The largest absolute Gasteiger partial charge is 0.309 e. The smallest absolute Gasteiger partial charge is 0.164 e. The zero-order valence-electron chi connectivity index (χ0n) is 27.2. The molecule has 0 atom stereocenters. The van der Waals surface area contributed by atoms with Gasteiger partial charge in [0.15, 0.2) is 17.5 Å². The summed E-state index contributed by atoms with van der Waals surface area (Å²) in [6, 6.07) is 59.8. The van der Waals surface area contributed by atoms with E-state index in [0.29, 0.717) is 17.5 Å². The summed E-state index contributed by atoms with van der Waals surface area (Å²) < 4.78 is 2.43. The number of hydrogen-bond acceptors (Lipinski definition) is 3. The molecule has 0 amide bonds. The van der Waals surface area contributed by atoms with Gasteiger partial charge in [-0.2, -0.15) is 0 Å². The van der Waals surface area contributed by atoms with Crippen molar-refractivity contribution in [1.29, 1.82) is 0 Å². The van der Waals surface area contributed by atoms with E-state index in [1.54, 1.807) is 0 Å². The van der Waals surface area contributed by atoms with Gasteiger partial charge in [-0.15, -0.1) is 0 Å². The van der Waals surface area contributed by atoms with Crippen LogP contribution in [-0.2, 0) is 6.42 Å². The summed E-state index contributed by atoms with van der Waals surface area (Å²) in [4.78, 5) is 15.2. The lowest BCUT2D eigenvalue weighted by Crippen LogP contribution is -2.01. The molecule has 0 unspecified atom stereocenters. The van der Waals surface area contributed by atoms with Crippen LogP contribution >= 0.6 is 0 Å². The molecule has 2 heterocycles. The second-order valence-electron chi connectivity index (χ2n) is 12.8. The molecule has 1 aliphatic rings. The highest BCUT2D eigenvalue weighted by Gasteiger charge is 2.24. The first-order valence-electron chi connectivity index (χ1n) is 17.0. The summed E-state index contributed by atoms with van der Waals surface area (Å²) in [6.45, 7) is 0. The molecule has 1 aliphatic carbocycles. The molecule has 0 radical (unpaired) electrons. The lowest BCUT2D eigenvalue weighted by Gasteiger charge is -2.13. The molecule has 2 aromatic heterocycles. The van der Waals surface area contributed by atoms with E-state index in [1.807, 2.05) is 24.3 Å². The molecule has 0 saturated carbocycles. The Balaban J connectivity index is 1.14. The van der Waals surface area contributed by atoms with Crippen molar-refractivity contribution in [3.63, 3.8) is 0 Å². The third kappa shape index (κ3) is 4.65. The van der Waals surface area contributed by atoms with Crippen LogP contribution in [-0.4, -0.2) is 19.5 Å². The quantitative estimate of drug-likeness (QED) is 0.188. The molecule has 0 aliphatic heterocycles. The second kappa shape index (κ2) is 11.5. The third-order valence-electron chi connectivity index (χ3n) is 9.90. The number of benzene rings is 7. The van der Waals surface area contributed by atoms with Crippen molar-refractivity contribution in [2.75, 3.05) is 0 Å². The molecule has 0 spiro atoms. The number of fused-ring (bicyclic) bond motifs is 7. The van der Waals surface area contributed by atoms with Gasteiger partial charge < -0.3 is 4.57 Å². The normalized spacial score (nSPS) is 11.9. The van der Waals surface area contributed by atoms with E-state index in [9.17, 15) is 0 Å². The highest BCUT2D eigenvalue weighted by Crippen LogP contribution is 2.44. The van der Waals surface area contributed by atoms with Gasteiger partial charge in [0.2, 0.25) is 0 Å². The van der Waals surface area contributed by atoms with Crippen LogP contribution in [0.4, 0.5) is 0 Å². The first-order chi connectivity index (χ1) is 24.8. The predicted octanol–water partition coefficient (Wildman–Crippen LogP) is 11.2. The van der Waals surface area contributed by atoms with E-state index >= 15 is 0 Å². The zero-order valence-corrected chi connectivity index (χ0v) is 27.2. The molecule has 0 bridgehead atoms. The van der Waals surface area contributed by atoms with Crippen LogP contribution in [0.1, 0.15) is 11.1 Å². The first-order valence-corrected chi connectivity index (χ1v) is 17.0. The Bertz CT molecular complexity index is 2710. The van der Waals surface area contributed by atoms with Gasteiger partial charge in [-0.1, -0.05) is 152 Å². The number of aromatic nitrogens is 4. The maximum atomic E-state index is 5.10. The van der Waals surface area contributed by atoms with Crippen LogP contribution in [0.3, 0.4) is 0 Å². The molecule has 4 heteroatoms. The van der Waals surface area contributed by atoms with E-state index in [4.69, 9.17) is 15.0 Å². The van der Waals surface area contributed by atoms with Crippen LogP contribution < -0.4 is 0 Å². The molecular formula is C46H30N4. The lowest BCUT2D eigenvalue weighted by atomic mass is 10.0. The molecule has 0 fully saturated rings. The Morgan fingerprint density at radius 2 is 0.980 bits per heavy atom. The Labute approximate surface area is 290 Å². The molecule has 4 nitrogen and oxygen atoms in total. The summed E-state index contributed by atoms with van der Waals surface area (Å²) in [5, 5.41) is 2.52. The van der Waals surface area contributed by atoms with E-state index in [1.165, 1.54) is 49.6 Å². The number of para-hydroxylation sites is 1. The summed E-state index contributed by atoms with van der Waals surface area (Å²) >= 11 is 0. The monoisotopic (exact) mass is 638 g/mol. The van der Waals surface area contributed by atoms with Crippen molar-refractivity contribution in [3.8, 4) is 62.1 Å². The van der Waals surface area contributed by atoms with Crippen molar-refractivity contribution in [2.24, 2.45) is 0 Å². The zero-order chi connectivity index (χ0) is 33.0. The summed E-state index contributed by atoms with van der Waals surface area (Å²) in [6.07, 6.45) is 0.916. The first kappa shape index (κ1) is 28.4. The van der Waals surface area contributed by atoms with Gasteiger partial charge in [-0.25, -0.2) is 15.0 Å². The SMILES string of the molecule is c1ccc(-c2ccc(-c3nc(-c4ccccc4)nc(-c4cccc(-n5c6ccccc6c6ccc7c(c65)Cc5ccccc5-7)c4)n3)cc2)cc1. The van der Waals surface area contributed by atoms with Crippen molar-refractivity contribution in [2.45, 2.75) is 6.42 Å². The lowest BCUT2D eigenvalue weighted by molar-refractivity contribution is 1.07. The van der Waals surface area contributed by atoms with Crippen molar-refractivity contribution < 1.29 is 0 Å². The van der Waals surface area contributed by atoms with Gasteiger partial charge >= 0.3 is 0 Å².